The predicted octanol–water partition coefficient (Wildman–Crippen LogP) is 4.11. The van der Waals surface area contributed by atoms with E-state index in [-0.39, 0.29) is 21.8 Å². The van der Waals surface area contributed by atoms with Gasteiger partial charge in [0, 0.05) is 17.7 Å². The van der Waals surface area contributed by atoms with Crippen molar-refractivity contribution < 1.29 is 41.0 Å². The number of fused-ring (bicyclic) bond motifs is 1. The minimum atomic E-state index is -4.92. The van der Waals surface area contributed by atoms with Crippen molar-refractivity contribution in [1.29, 1.82) is 0 Å². The summed E-state index contributed by atoms with van der Waals surface area (Å²) in [6, 6.07) is 16.5. The first-order valence-corrected chi connectivity index (χ1v) is 13.4. The van der Waals surface area contributed by atoms with E-state index in [1.807, 2.05) is 30.3 Å². The molecule has 3 aromatic rings. The van der Waals surface area contributed by atoms with Crippen LogP contribution in [0, 0.1) is 0 Å². The fourth-order valence-corrected chi connectivity index (χ4v) is 5.41. The lowest BCUT2D eigenvalue weighted by molar-refractivity contribution is -0.274. The number of nitrogens with one attached hydrogen (secondary N) is 2. The first-order valence-electron chi connectivity index (χ1n) is 12.0. The Labute approximate surface area is 223 Å². The number of hydrogen-bond acceptors (Lipinski definition) is 6. The van der Waals surface area contributed by atoms with Crippen LogP contribution in [0.4, 0.5) is 13.2 Å². The maximum atomic E-state index is 13.2. The van der Waals surface area contributed by atoms with E-state index < -0.39 is 45.8 Å². The number of rotatable bonds is 8. The summed E-state index contributed by atoms with van der Waals surface area (Å²) in [5, 5.41) is 13.8. The molecule has 0 aliphatic carbocycles. The van der Waals surface area contributed by atoms with Crippen LogP contribution >= 0.6 is 0 Å². The van der Waals surface area contributed by atoms with Crippen LogP contribution in [0.1, 0.15) is 41.4 Å². The molecule has 1 aliphatic rings. The van der Waals surface area contributed by atoms with Crippen molar-refractivity contribution in [3.8, 4) is 11.5 Å². The van der Waals surface area contributed by atoms with Crippen LogP contribution in [0.5, 0.6) is 11.5 Å². The molecular formula is C27H27F3N2O6S. The zero-order chi connectivity index (χ0) is 28.4. The normalized spacial score (nSPS) is 18.5. The molecule has 1 amide bonds. The highest BCUT2D eigenvalue weighted by Gasteiger charge is 2.45. The lowest BCUT2D eigenvalue weighted by Crippen LogP contribution is -2.53. The van der Waals surface area contributed by atoms with Crippen molar-refractivity contribution in [2.45, 2.75) is 49.3 Å². The van der Waals surface area contributed by atoms with E-state index in [0.717, 1.165) is 29.8 Å². The van der Waals surface area contributed by atoms with Gasteiger partial charge < -0.3 is 19.9 Å². The number of hydrogen-bond donors (Lipinski definition) is 3. The number of ether oxygens (including phenoxy) is 2. The summed E-state index contributed by atoms with van der Waals surface area (Å²) in [5.74, 6) is -0.704. The van der Waals surface area contributed by atoms with Gasteiger partial charge >= 0.3 is 6.36 Å². The van der Waals surface area contributed by atoms with Crippen LogP contribution in [0.25, 0.3) is 0 Å². The van der Waals surface area contributed by atoms with Crippen molar-refractivity contribution in [2.24, 2.45) is 0 Å². The second-order valence-corrected chi connectivity index (χ2v) is 11.2. The highest BCUT2D eigenvalue weighted by atomic mass is 32.2. The maximum absolute atomic E-state index is 13.2. The van der Waals surface area contributed by atoms with Crippen molar-refractivity contribution in [1.82, 2.24) is 10.0 Å². The summed E-state index contributed by atoms with van der Waals surface area (Å²) in [7, 11) is -4.33. The molecule has 0 saturated heterocycles. The molecule has 1 heterocycles. The van der Waals surface area contributed by atoms with Gasteiger partial charge in [-0.2, -0.15) is 0 Å². The molecule has 4 rings (SSSR count). The second kappa shape index (κ2) is 10.9. The van der Waals surface area contributed by atoms with E-state index in [1.54, 1.807) is 13.8 Å². The summed E-state index contributed by atoms with van der Waals surface area (Å²) < 4.78 is 75.8. The van der Waals surface area contributed by atoms with Crippen molar-refractivity contribution >= 4 is 15.9 Å². The monoisotopic (exact) mass is 564 g/mol. The summed E-state index contributed by atoms with van der Waals surface area (Å²) in [6.07, 6.45) is -5.68. The Bertz CT molecular complexity index is 1430. The Morgan fingerprint density at radius 2 is 1.72 bits per heavy atom. The summed E-state index contributed by atoms with van der Waals surface area (Å²) in [6.45, 7) is 3.53. The zero-order valence-electron chi connectivity index (χ0n) is 21.0. The lowest BCUT2D eigenvalue weighted by atomic mass is 9.86. The Kier molecular flexibility index (Phi) is 7.92. The van der Waals surface area contributed by atoms with Crippen LogP contribution in [-0.4, -0.2) is 44.0 Å². The molecule has 8 nitrogen and oxygen atoms in total. The van der Waals surface area contributed by atoms with Gasteiger partial charge in [0.25, 0.3) is 5.91 Å². The van der Waals surface area contributed by atoms with Gasteiger partial charge in [-0.05, 0) is 68.3 Å². The standard InChI is InChI=1S/C27H27F3N2O6S/c1-26(2)24(33)23(32-39(35,36)20-11-9-19(10-12-20)37-27(28,29)30)21-16-18(8-13-22(21)38-26)25(34)31-15-14-17-6-4-3-5-7-17/h3-13,16,23-24,32-33H,14-15H2,1-2H3,(H,31,34). The second-order valence-electron chi connectivity index (χ2n) is 9.51. The molecule has 1 aliphatic heterocycles. The maximum Gasteiger partial charge on any atom is 0.573 e. The van der Waals surface area contributed by atoms with Crippen LogP contribution in [0.15, 0.2) is 77.7 Å². The molecule has 0 bridgehead atoms. The molecule has 2 unspecified atom stereocenters. The number of amides is 1. The van der Waals surface area contributed by atoms with E-state index in [9.17, 15) is 31.5 Å². The van der Waals surface area contributed by atoms with Gasteiger partial charge in [-0.15, -0.1) is 13.2 Å². The van der Waals surface area contributed by atoms with Gasteiger partial charge in [-0.1, -0.05) is 30.3 Å². The van der Waals surface area contributed by atoms with Crippen molar-refractivity contribution in [2.75, 3.05) is 6.54 Å². The number of sulfonamides is 1. The predicted molar refractivity (Wildman–Crippen MR) is 136 cm³/mol. The number of carbonyl (C=O) groups is 1. The first kappa shape index (κ1) is 28.4. The van der Waals surface area contributed by atoms with Gasteiger partial charge in [0.2, 0.25) is 10.0 Å². The fourth-order valence-electron chi connectivity index (χ4n) is 4.19. The molecule has 0 radical (unpaired) electrons. The molecule has 39 heavy (non-hydrogen) atoms. The SMILES string of the molecule is CC1(C)Oc2ccc(C(=O)NCCc3ccccc3)cc2C(NS(=O)(=O)c2ccc(OC(F)(F)F)cc2)C1O. The summed E-state index contributed by atoms with van der Waals surface area (Å²) in [4.78, 5) is 12.5. The van der Waals surface area contributed by atoms with Crippen LogP contribution in [-0.2, 0) is 16.4 Å². The Balaban J connectivity index is 1.56. The average molecular weight is 565 g/mol. The molecule has 208 valence electrons. The van der Waals surface area contributed by atoms with Gasteiger partial charge in [-0.3, -0.25) is 4.79 Å². The van der Waals surface area contributed by atoms with Crippen LogP contribution in [0.3, 0.4) is 0 Å². The third kappa shape index (κ3) is 6.88. The van der Waals surface area contributed by atoms with Crippen molar-refractivity contribution in [3.63, 3.8) is 0 Å². The number of aliphatic hydroxyl groups excluding tert-OH is 1. The third-order valence-electron chi connectivity index (χ3n) is 6.20. The number of halogens is 3. The molecular weight excluding hydrogens is 537 g/mol. The van der Waals surface area contributed by atoms with Crippen LogP contribution in [0.2, 0.25) is 0 Å². The van der Waals surface area contributed by atoms with E-state index in [4.69, 9.17) is 4.74 Å². The van der Waals surface area contributed by atoms with Crippen LogP contribution < -0.4 is 19.5 Å². The highest BCUT2D eigenvalue weighted by molar-refractivity contribution is 7.89. The number of alkyl halides is 3. The highest BCUT2D eigenvalue weighted by Crippen LogP contribution is 2.41. The number of carbonyl (C=O) groups excluding carboxylic acids is 1. The first-order chi connectivity index (χ1) is 18.2. The molecule has 12 heteroatoms. The number of aliphatic hydroxyl groups is 1. The Hall–Kier alpha value is -3.61. The average Bonchev–Trinajstić information content (AvgIpc) is 2.86. The zero-order valence-corrected chi connectivity index (χ0v) is 21.8. The minimum Gasteiger partial charge on any atom is -0.485 e. The molecule has 3 aromatic carbocycles. The third-order valence-corrected chi connectivity index (χ3v) is 7.66. The number of benzene rings is 3. The topological polar surface area (TPSA) is 114 Å². The fraction of sp³-hybridized carbons (Fsp3) is 0.296. The molecule has 0 saturated carbocycles. The van der Waals surface area contributed by atoms with Gasteiger partial charge in [0.15, 0.2) is 0 Å². The molecule has 0 aromatic heterocycles. The molecule has 0 fully saturated rings. The van der Waals surface area contributed by atoms with Gasteiger partial charge in [-0.25, -0.2) is 13.1 Å². The van der Waals surface area contributed by atoms with E-state index in [2.05, 4.69) is 14.8 Å². The van der Waals surface area contributed by atoms with Gasteiger partial charge in [0.05, 0.1) is 10.9 Å². The largest absolute Gasteiger partial charge is 0.573 e. The van der Waals surface area contributed by atoms with Crippen molar-refractivity contribution in [3.05, 3.63) is 89.5 Å². The molecule has 3 N–H and O–H groups in total. The van der Waals surface area contributed by atoms with E-state index in [0.29, 0.717) is 13.0 Å². The van der Waals surface area contributed by atoms with E-state index >= 15 is 0 Å². The Morgan fingerprint density at radius 3 is 2.36 bits per heavy atom. The minimum absolute atomic E-state index is 0.232. The quantitative estimate of drug-likeness (QED) is 0.380. The Morgan fingerprint density at radius 1 is 1.05 bits per heavy atom. The summed E-state index contributed by atoms with van der Waals surface area (Å²) in [5.41, 5.74) is 0.312. The summed E-state index contributed by atoms with van der Waals surface area (Å²) >= 11 is 0. The van der Waals surface area contributed by atoms with Gasteiger partial charge in [0.1, 0.15) is 23.2 Å². The smallest absolute Gasteiger partial charge is 0.485 e. The van der Waals surface area contributed by atoms with E-state index in [1.165, 1.54) is 18.2 Å². The molecule has 2 atom stereocenters. The lowest BCUT2D eigenvalue weighted by Gasteiger charge is -2.42. The molecule has 0 spiro atoms.